The number of nitrogens with zero attached hydrogens (tertiary/aromatic N) is 3. The molecule has 0 spiro atoms. The van der Waals surface area contributed by atoms with Crippen LogP contribution in [0.1, 0.15) is 53.7 Å². The van der Waals surface area contributed by atoms with Crippen LogP contribution in [0.4, 0.5) is 0 Å². The van der Waals surface area contributed by atoms with Gasteiger partial charge in [-0.1, -0.05) is 43.2 Å². The third-order valence-electron chi connectivity index (χ3n) is 6.03. The molecule has 0 unspecified atom stereocenters. The first-order valence-electron chi connectivity index (χ1n) is 10.3. The Morgan fingerprint density at radius 1 is 0.963 bits per heavy atom. The van der Waals surface area contributed by atoms with Crippen molar-refractivity contribution in [2.24, 2.45) is 5.92 Å². The second kappa shape index (κ2) is 8.66. The quantitative estimate of drug-likeness (QED) is 0.725. The van der Waals surface area contributed by atoms with Crippen molar-refractivity contribution < 1.29 is 4.79 Å². The first-order valence-corrected chi connectivity index (χ1v) is 10.3. The number of aromatic nitrogens is 1. The zero-order valence-corrected chi connectivity index (χ0v) is 16.0. The molecule has 142 valence electrons. The van der Waals surface area contributed by atoms with Crippen LogP contribution in [0.15, 0.2) is 48.7 Å². The molecule has 0 N–H and O–H groups in total. The molecule has 0 saturated carbocycles. The van der Waals surface area contributed by atoms with Crippen molar-refractivity contribution in [3.8, 4) is 0 Å². The van der Waals surface area contributed by atoms with Crippen LogP contribution in [-0.2, 0) is 13.1 Å². The Labute approximate surface area is 162 Å². The average Bonchev–Trinajstić information content (AvgIpc) is 3.15. The molecule has 0 radical (unpaired) electrons. The Bertz CT molecular complexity index is 728. The standard InChI is InChI=1S/C23H29N3O/c27-23(22-10-3-5-13-24-22)26-15-11-19(12-16-26)7-4-6-14-25-17-20-8-1-2-9-21(20)18-25/h1-3,5,8-10,13,19H,4,6-7,11-12,14-18H2. The minimum atomic E-state index is 0.0858. The largest absolute Gasteiger partial charge is 0.337 e. The highest BCUT2D eigenvalue weighted by atomic mass is 16.2. The first-order chi connectivity index (χ1) is 13.3. The van der Waals surface area contributed by atoms with Crippen molar-refractivity contribution in [3.63, 3.8) is 0 Å². The van der Waals surface area contributed by atoms with Crippen LogP contribution in [0.2, 0.25) is 0 Å². The number of amides is 1. The molecule has 4 nitrogen and oxygen atoms in total. The SMILES string of the molecule is O=C(c1ccccn1)N1CCC(CCCCN2Cc3ccccc3C2)CC1. The van der Waals surface area contributed by atoms with E-state index in [1.165, 1.54) is 36.9 Å². The number of carbonyl (C=O) groups is 1. The van der Waals surface area contributed by atoms with Gasteiger partial charge in [0.25, 0.3) is 5.91 Å². The van der Waals surface area contributed by atoms with Crippen molar-refractivity contribution in [3.05, 3.63) is 65.5 Å². The minimum absolute atomic E-state index is 0.0858. The van der Waals surface area contributed by atoms with E-state index < -0.39 is 0 Å². The smallest absolute Gasteiger partial charge is 0.272 e. The van der Waals surface area contributed by atoms with Crippen molar-refractivity contribution in [2.75, 3.05) is 19.6 Å². The lowest BCUT2D eigenvalue weighted by Crippen LogP contribution is -2.38. The number of fused-ring (bicyclic) bond motifs is 1. The normalized spacial score (nSPS) is 17.9. The maximum Gasteiger partial charge on any atom is 0.272 e. The van der Waals surface area contributed by atoms with Gasteiger partial charge in [0.2, 0.25) is 0 Å². The number of likely N-dealkylation sites (tertiary alicyclic amines) is 1. The molecule has 2 aliphatic heterocycles. The molecule has 2 aliphatic rings. The van der Waals surface area contributed by atoms with E-state index in [1.54, 1.807) is 6.20 Å². The summed E-state index contributed by atoms with van der Waals surface area (Å²) in [4.78, 5) is 21.2. The number of pyridine rings is 1. The molecule has 1 fully saturated rings. The molecule has 0 aliphatic carbocycles. The molecular formula is C23H29N3O. The van der Waals surface area contributed by atoms with E-state index in [-0.39, 0.29) is 5.91 Å². The highest BCUT2D eigenvalue weighted by Gasteiger charge is 2.24. The van der Waals surface area contributed by atoms with Gasteiger partial charge in [0.15, 0.2) is 0 Å². The predicted octanol–water partition coefficient (Wildman–Crippen LogP) is 4.12. The second-order valence-corrected chi connectivity index (χ2v) is 7.93. The van der Waals surface area contributed by atoms with Gasteiger partial charge in [0.05, 0.1) is 0 Å². The number of benzene rings is 1. The molecule has 4 heteroatoms. The number of hydrogen-bond donors (Lipinski definition) is 0. The third kappa shape index (κ3) is 4.56. The molecular weight excluding hydrogens is 334 g/mol. The number of piperidine rings is 1. The van der Waals surface area contributed by atoms with Crippen molar-refractivity contribution in [2.45, 2.75) is 45.2 Å². The highest BCUT2D eigenvalue weighted by molar-refractivity contribution is 5.92. The van der Waals surface area contributed by atoms with Gasteiger partial charge in [0.1, 0.15) is 5.69 Å². The molecule has 1 aromatic heterocycles. The van der Waals surface area contributed by atoms with E-state index in [1.807, 2.05) is 23.1 Å². The van der Waals surface area contributed by atoms with Gasteiger partial charge in [-0.05, 0) is 55.0 Å². The summed E-state index contributed by atoms with van der Waals surface area (Å²) in [6.45, 7) is 5.18. The Balaban J connectivity index is 1.13. The van der Waals surface area contributed by atoms with Gasteiger partial charge in [-0.3, -0.25) is 14.7 Å². The minimum Gasteiger partial charge on any atom is -0.337 e. The van der Waals surface area contributed by atoms with E-state index in [4.69, 9.17) is 0 Å². The van der Waals surface area contributed by atoms with Crippen molar-refractivity contribution in [1.29, 1.82) is 0 Å². The maximum atomic E-state index is 12.5. The van der Waals surface area contributed by atoms with E-state index in [0.717, 1.165) is 44.9 Å². The van der Waals surface area contributed by atoms with Gasteiger partial charge < -0.3 is 4.90 Å². The van der Waals surface area contributed by atoms with E-state index in [0.29, 0.717) is 5.69 Å². The van der Waals surface area contributed by atoms with Gasteiger partial charge in [-0.2, -0.15) is 0 Å². The fourth-order valence-corrected chi connectivity index (χ4v) is 4.41. The highest BCUT2D eigenvalue weighted by Crippen LogP contribution is 2.25. The molecule has 27 heavy (non-hydrogen) atoms. The van der Waals surface area contributed by atoms with Crippen LogP contribution in [0, 0.1) is 5.92 Å². The van der Waals surface area contributed by atoms with E-state index in [9.17, 15) is 4.79 Å². The fraction of sp³-hybridized carbons (Fsp3) is 0.478. The summed E-state index contributed by atoms with van der Waals surface area (Å²) in [7, 11) is 0. The molecule has 1 amide bonds. The monoisotopic (exact) mass is 363 g/mol. The van der Waals surface area contributed by atoms with Crippen LogP contribution in [0.3, 0.4) is 0 Å². The summed E-state index contributed by atoms with van der Waals surface area (Å²) < 4.78 is 0. The summed E-state index contributed by atoms with van der Waals surface area (Å²) >= 11 is 0. The van der Waals surface area contributed by atoms with Crippen LogP contribution < -0.4 is 0 Å². The van der Waals surface area contributed by atoms with E-state index >= 15 is 0 Å². The number of unbranched alkanes of at least 4 members (excludes halogenated alkanes) is 1. The van der Waals surface area contributed by atoms with Crippen LogP contribution in [-0.4, -0.2) is 40.3 Å². The summed E-state index contributed by atoms with van der Waals surface area (Å²) in [6.07, 6.45) is 7.83. The topological polar surface area (TPSA) is 36.4 Å². The Morgan fingerprint density at radius 3 is 2.33 bits per heavy atom. The molecule has 0 bridgehead atoms. The lowest BCUT2D eigenvalue weighted by atomic mass is 9.91. The molecule has 1 saturated heterocycles. The van der Waals surface area contributed by atoms with Crippen LogP contribution in [0.25, 0.3) is 0 Å². The van der Waals surface area contributed by atoms with Gasteiger partial charge in [0, 0.05) is 32.4 Å². The first kappa shape index (κ1) is 18.2. The van der Waals surface area contributed by atoms with Crippen LogP contribution in [0.5, 0.6) is 0 Å². The number of carbonyl (C=O) groups excluding carboxylic acids is 1. The summed E-state index contributed by atoms with van der Waals surface area (Å²) in [5, 5.41) is 0. The molecule has 3 heterocycles. The maximum absolute atomic E-state index is 12.5. The van der Waals surface area contributed by atoms with Gasteiger partial charge >= 0.3 is 0 Å². The van der Waals surface area contributed by atoms with Crippen molar-refractivity contribution in [1.82, 2.24) is 14.8 Å². The molecule has 2 aromatic rings. The van der Waals surface area contributed by atoms with E-state index in [2.05, 4.69) is 34.1 Å². The Hall–Kier alpha value is -2.20. The summed E-state index contributed by atoms with van der Waals surface area (Å²) in [5.41, 5.74) is 3.58. The Kier molecular flexibility index (Phi) is 5.83. The fourth-order valence-electron chi connectivity index (χ4n) is 4.41. The average molecular weight is 364 g/mol. The third-order valence-corrected chi connectivity index (χ3v) is 6.03. The van der Waals surface area contributed by atoms with Gasteiger partial charge in [-0.15, -0.1) is 0 Å². The molecule has 4 rings (SSSR count). The predicted molar refractivity (Wildman–Crippen MR) is 107 cm³/mol. The molecule has 1 aromatic carbocycles. The summed E-state index contributed by atoms with van der Waals surface area (Å²) in [5.74, 6) is 0.858. The number of hydrogen-bond acceptors (Lipinski definition) is 3. The lowest BCUT2D eigenvalue weighted by Gasteiger charge is -2.32. The number of rotatable bonds is 6. The second-order valence-electron chi connectivity index (χ2n) is 7.93. The lowest BCUT2D eigenvalue weighted by molar-refractivity contribution is 0.0679. The van der Waals surface area contributed by atoms with Crippen molar-refractivity contribution >= 4 is 5.91 Å². The zero-order valence-electron chi connectivity index (χ0n) is 16.0. The van der Waals surface area contributed by atoms with Crippen LogP contribution >= 0.6 is 0 Å². The summed E-state index contributed by atoms with van der Waals surface area (Å²) in [6, 6.07) is 14.4. The molecule has 0 atom stereocenters. The van der Waals surface area contributed by atoms with Gasteiger partial charge in [-0.25, -0.2) is 0 Å². The Morgan fingerprint density at radius 2 is 1.67 bits per heavy atom. The zero-order chi connectivity index (χ0) is 18.5.